The van der Waals surface area contributed by atoms with Gasteiger partial charge >= 0.3 is 0 Å². The summed E-state index contributed by atoms with van der Waals surface area (Å²) in [6.45, 7) is 0. The van der Waals surface area contributed by atoms with E-state index in [0.29, 0.717) is 0 Å². The minimum atomic E-state index is -0.544. The van der Waals surface area contributed by atoms with Crippen molar-refractivity contribution in [2.45, 2.75) is 31.0 Å². The Bertz CT molecular complexity index is 335. The molecule has 1 aliphatic carbocycles. The van der Waals surface area contributed by atoms with Crippen molar-refractivity contribution < 1.29 is 14.6 Å². The van der Waals surface area contributed by atoms with Crippen LogP contribution in [0.3, 0.4) is 0 Å². The Morgan fingerprint density at radius 2 is 1.81 bits per heavy atom. The van der Waals surface area contributed by atoms with Gasteiger partial charge in [-0.05, 0) is 37.0 Å². The molecule has 1 aliphatic rings. The zero-order valence-electron chi connectivity index (χ0n) is 9.77. The van der Waals surface area contributed by atoms with E-state index in [1.165, 1.54) is 0 Å². The third kappa shape index (κ3) is 1.81. The van der Waals surface area contributed by atoms with Gasteiger partial charge in [0.2, 0.25) is 0 Å². The lowest BCUT2D eigenvalue weighted by atomic mass is 9.74. The maximum absolute atomic E-state index is 10.3. The Kier molecular flexibility index (Phi) is 3.17. The van der Waals surface area contributed by atoms with Crippen LogP contribution in [0, 0.1) is 0 Å². The summed E-state index contributed by atoms with van der Waals surface area (Å²) >= 11 is 0. The van der Waals surface area contributed by atoms with E-state index in [2.05, 4.69) is 0 Å². The zero-order valence-corrected chi connectivity index (χ0v) is 9.77. The van der Waals surface area contributed by atoms with E-state index in [-0.39, 0.29) is 5.60 Å². The second-order valence-corrected chi connectivity index (χ2v) is 4.30. The molecule has 1 saturated carbocycles. The standard InChI is InChI=1S/C13H18O3/c1-15-11-6-4-10(5-7-11)12(14)13(16-2)8-3-9-13/h4-7,12,14H,3,8-9H2,1-2H3. The minimum absolute atomic E-state index is 0.366. The molecule has 1 aromatic carbocycles. The number of rotatable bonds is 4. The van der Waals surface area contributed by atoms with Gasteiger partial charge in [0.05, 0.1) is 12.7 Å². The summed E-state index contributed by atoms with van der Waals surface area (Å²) < 4.78 is 10.6. The first kappa shape index (κ1) is 11.4. The van der Waals surface area contributed by atoms with Gasteiger partial charge in [-0.1, -0.05) is 12.1 Å². The highest BCUT2D eigenvalue weighted by Crippen LogP contribution is 2.44. The highest BCUT2D eigenvalue weighted by Gasteiger charge is 2.44. The van der Waals surface area contributed by atoms with Crippen molar-refractivity contribution in [2.24, 2.45) is 0 Å². The number of ether oxygens (including phenoxy) is 2. The largest absolute Gasteiger partial charge is 0.497 e. The summed E-state index contributed by atoms with van der Waals surface area (Å²) in [5.41, 5.74) is 0.525. The van der Waals surface area contributed by atoms with Gasteiger partial charge < -0.3 is 14.6 Å². The minimum Gasteiger partial charge on any atom is -0.497 e. The van der Waals surface area contributed by atoms with Crippen molar-refractivity contribution >= 4 is 0 Å². The van der Waals surface area contributed by atoms with Crippen LogP contribution in [0.1, 0.15) is 30.9 Å². The molecule has 1 N–H and O–H groups in total. The second kappa shape index (κ2) is 4.44. The van der Waals surface area contributed by atoms with Gasteiger partial charge in [0.1, 0.15) is 11.9 Å². The fourth-order valence-electron chi connectivity index (χ4n) is 2.20. The first-order valence-electron chi connectivity index (χ1n) is 5.59. The van der Waals surface area contributed by atoms with E-state index in [9.17, 15) is 5.11 Å². The van der Waals surface area contributed by atoms with E-state index < -0.39 is 6.10 Å². The van der Waals surface area contributed by atoms with Gasteiger partial charge in [0.25, 0.3) is 0 Å². The molecular formula is C13H18O3. The molecule has 1 atom stereocenters. The van der Waals surface area contributed by atoms with Crippen molar-refractivity contribution in [3.63, 3.8) is 0 Å². The third-order valence-corrected chi connectivity index (χ3v) is 3.54. The van der Waals surface area contributed by atoms with Gasteiger partial charge in [-0.3, -0.25) is 0 Å². The maximum Gasteiger partial charge on any atom is 0.118 e. The fraction of sp³-hybridized carbons (Fsp3) is 0.538. The van der Waals surface area contributed by atoms with Gasteiger partial charge in [-0.15, -0.1) is 0 Å². The molecule has 0 aromatic heterocycles. The molecule has 0 saturated heterocycles. The summed E-state index contributed by atoms with van der Waals surface area (Å²) in [5, 5.41) is 10.3. The molecule has 2 rings (SSSR count). The van der Waals surface area contributed by atoms with E-state index in [0.717, 1.165) is 30.6 Å². The van der Waals surface area contributed by atoms with Crippen LogP contribution in [0.15, 0.2) is 24.3 Å². The van der Waals surface area contributed by atoms with Crippen molar-refractivity contribution in [2.75, 3.05) is 14.2 Å². The average Bonchev–Trinajstić information content (AvgIpc) is 2.28. The van der Waals surface area contributed by atoms with Crippen LogP contribution in [0.4, 0.5) is 0 Å². The topological polar surface area (TPSA) is 38.7 Å². The Balaban J connectivity index is 2.16. The van der Waals surface area contributed by atoms with E-state index in [4.69, 9.17) is 9.47 Å². The second-order valence-electron chi connectivity index (χ2n) is 4.30. The zero-order chi connectivity index (χ0) is 11.6. The highest BCUT2D eigenvalue weighted by atomic mass is 16.5. The monoisotopic (exact) mass is 222 g/mol. The predicted octanol–water partition coefficient (Wildman–Crippen LogP) is 2.30. The first-order valence-corrected chi connectivity index (χ1v) is 5.59. The van der Waals surface area contributed by atoms with E-state index >= 15 is 0 Å². The van der Waals surface area contributed by atoms with Gasteiger partial charge in [0, 0.05) is 7.11 Å². The Hall–Kier alpha value is -1.06. The normalized spacial score (nSPS) is 19.9. The lowest BCUT2D eigenvalue weighted by Gasteiger charge is -2.44. The lowest BCUT2D eigenvalue weighted by Crippen LogP contribution is -2.45. The molecule has 3 heteroatoms. The van der Waals surface area contributed by atoms with Crippen LogP contribution in [-0.2, 0) is 4.74 Å². The lowest BCUT2D eigenvalue weighted by molar-refractivity contribution is -0.151. The van der Waals surface area contributed by atoms with Gasteiger partial charge in [-0.2, -0.15) is 0 Å². The molecule has 1 unspecified atom stereocenters. The molecule has 1 fully saturated rings. The summed E-state index contributed by atoms with van der Waals surface area (Å²) in [6, 6.07) is 7.51. The smallest absolute Gasteiger partial charge is 0.118 e. The molecule has 0 bridgehead atoms. The number of hydrogen-bond donors (Lipinski definition) is 1. The first-order chi connectivity index (χ1) is 7.72. The number of benzene rings is 1. The molecule has 0 aliphatic heterocycles. The number of aliphatic hydroxyl groups excluding tert-OH is 1. The molecule has 0 amide bonds. The maximum atomic E-state index is 10.3. The van der Waals surface area contributed by atoms with Crippen LogP contribution in [0.25, 0.3) is 0 Å². The van der Waals surface area contributed by atoms with Gasteiger partial charge in [0.15, 0.2) is 0 Å². The predicted molar refractivity (Wildman–Crippen MR) is 61.5 cm³/mol. The van der Waals surface area contributed by atoms with Crippen LogP contribution < -0.4 is 4.74 Å². The summed E-state index contributed by atoms with van der Waals surface area (Å²) in [4.78, 5) is 0. The van der Waals surface area contributed by atoms with Crippen LogP contribution in [0.5, 0.6) is 5.75 Å². The van der Waals surface area contributed by atoms with Crippen molar-refractivity contribution in [3.05, 3.63) is 29.8 Å². The Morgan fingerprint density at radius 1 is 1.19 bits per heavy atom. The number of methoxy groups -OCH3 is 2. The molecule has 0 radical (unpaired) electrons. The van der Waals surface area contributed by atoms with Crippen LogP contribution >= 0.6 is 0 Å². The van der Waals surface area contributed by atoms with Gasteiger partial charge in [-0.25, -0.2) is 0 Å². The molecule has 0 spiro atoms. The van der Waals surface area contributed by atoms with Crippen molar-refractivity contribution in [1.82, 2.24) is 0 Å². The van der Waals surface area contributed by atoms with Crippen molar-refractivity contribution in [1.29, 1.82) is 0 Å². The average molecular weight is 222 g/mol. The molecule has 88 valence electrons. The third-order valence-electron chi connectivity index (χ3n) is 3.54. The van der Waals surface area contributed by atoms with Crippen LogP contribution in [-0.4, -0.2) is 24.9 Å². The molecule has 0 heterocycles. The van der Waals surface area contributed by atoms with E-state index in [1.54, 1.807) is 14.2 Å². The van der Waals surface area contributed by atoms with E-state index in [1.807, 2.05) is 24.3 Å². The number of aliphatic hydroxyl groups is 1. The fourth-order valence-corrected chi connectivity index (χ4v) is 2.20. The quantitative estimate of drug-likeness (QED) is 0.849. The summed E-state index contributed by atoms with van der Waals surface area (Å²) in [5.74, 6) is 0.802. The Labute approximate surface area is 96.0 Å². The molecule has 3 nitrogen and oxygen atoms in total. The SMILES string of the molecule is COc1ccc(C(O)C2(OC)CCC2)cc1. The molecule has 16 heavy (non-hydrogen) atoms. The summed E-state index contributed by atoms with van der Waals surface area (Å²) in [6.07, 6.45) is 2.44. The number of hydrogen-bond acceptors (Lipinski definition) is 3. The molecular weight excluding hydrogens is 204 g/mol. The summed E-state index contributed by atoms with van der Waals surface area (Å²) in [7, 11) is 3.31. The highest BCUT2D eigenvalue weighted by molar-refractivity contribution is 5.30. The molecule has 1 aromatic rings. The Morgan fingerprint density at radius 3 is 2.19 bits per heavy atom. The van der Waals surface area contributed by atoms with Crippen LogP contribution in [0.2, 0.25) is 0 Å². The van der Waals surface area contributed by atoms with Crippen molar-refractivity contribution in [3.8, 4) is 5.75 Å².